The van der Waals surface area contributed by atoms with Crippen LogP contribution in [0.1, 0.15) is 38.2 Å². The molecule has 0 spiro atoms. The SMILES string of the molecule is CCCCNC(=O)C1CCN(c2nc3cc(Cl)c(Cl)cc3n2Cc2ccc(F)cc2)CC1. The molecule has 5 nitrogen and oxygen atoms in total. The molecule has 0 radical (unpaired) electrons. The van der Waals surface area contributed by atoms with Crippen molar-refractivity contribution in [1.82, 2.24) is 14.9 Å². The number of benzene rings is 2. The molecule has 1 aliphatic heterocycles. The predicted octanol–water partition coefficient (Wildman–Crippen LogP) is 5.66. The molecule has 1 fully saturated rings. The van der Waals surface area contributed by atoms with Crippen molar-refractivity contribution in [2.45, 2.75) is 39.2 Å². The minimum Gasteiger partial charge on any atom is -0.356 e. The lowest BCUT2D eigenvalue weighted by Crippen LogP contribution is -2.41. The second-order valence-electron chi connectivity index (χ2n) is 8.29. The number of hydrogen-bond donors (Lipinski definition) is 1. The van der Waals surface area contributed by atoms with Gasteiger partial charge in [0.15, 0.2) is 0 Å². The number of fused-ring (bicyclic) bond motifs is 1. The Morgan fingerprint density at radius 3 is 2.53 bits per heavy atom. The Morgan fingerprint density at radius 2 is 1.84 bits per heavy atom. The van der Waals surface area contributed by atoms with Crippen LogP contribution in [0.4, 0.5) is 10.3 Å². The third-order valence-electron chi connectivity index (χ3n) is 6.00. The normalized spacial score (nSPS) is 14.8. The summed E-state index contributed by atoms with van der Waals surface area (Å²) in [7, 11) is 0. The van der Waals surface area contributed by atoms with Crippen molar-refractivity contribution in [3.63, 3.8) is 0 Å². The Labute approximate surface area is 197 Å². The van der Waals surface area contributed by atoms with Crippen LogP contribution >= 0.6 is 23.2 Å². The van der Waals surface area contributed by atoms with Crippen LogP contribution in [0.5, 0.6) is 0 Å². The van der Waals surface area contributed by atoms with Gasteiger partial charge in [0, 0.05) is 25.6 Å². The van der Waals surface area contributed by atoms with Gasteiger partial charge in [-0.25, -0.2) is 9.37 Å². The van der Waals surface area contributed by atoms with Crippen LogP contribution in [-0.2, 0) is 11.3 Å². The molecule has 1 aliphatic rings. The van der Waals surface area contributed by atoms with Gasteiger partial charge in [-0.1, -0.05) is 48.7 Å². The third kappa shape index (κ3) is 5.02. The summed E-state index contributed by atoms with van der Waals surface area (Å²) in [6, 6.07) is 10.1. The van der Waals surface area contributed by atoms with Gasteiger partial charge in [0.2, 0.25) is 11.9 Å². The van der Waals surface area contributed by atoms with E-state index in [-0.39, 0.29) is 17.6 Å². The summed E-state index contributed by atoms with van der Waals surface area (Å²) in [6.07, 6.45) is 3.62. The van der Waals surface area contributed by atoms with E-state index in [1.165, 1.54) is 12.1 Å². The van der Waals surface area contributed by atoms with Crippen LogP contribution in [-0.4, -0.2) is 35.1 Å². The number of nitrogens with one attached hydrogen (secondary N) is 1. The van der Waals surface area contributed by atoms with Gasteiger partial charge in [-0.05, 0) is 49.1 Å². The molecule has 2 aromatic carbocycles. The number of imidazole rings is 1. The number of carbonyl (C=O) groups excluding carboxylic acids is 1. The third-order valence-corrected chi connectivity index (χ3v) is 6.72. The summed E-state index contributed by atoms with van der Waals surface area (Å²) in [5.74, 6) is 0.726. The maximum Gasteiger partial charge on any atom is 0.223 e. The highest BCUT2D eigenvalue weighted by Gasteiger charge is 2.28. The van der Waals surface area contributed by atoms with Crippen LogP contribution in [0.15, 0.2) is 36.4 Å². The first kappa shape index (κ1) is 22.9. The summed E-state index contributed by atoms with van der Waals surface area (Å²) < 4.78 is 15.5. The molecule has 170 valence electrons. The van der Waals surface area contributed by atoms with Crippen molar-refractivity contribution >= 4 is 46.1 Å². The molecular weight excluding hydrogens is 450 g/mol. The molecule has 0 unspecified atom stereocenters. The van der Waals surface area contributed by atoms with E-state index in [9.17, 15) is 9.18 Å². The number of hydrogen-bond acceptors (Lipinski definition) is 3. The molecule has 0 atom stereocenters. The molecular formula is C24H27Cl2FN4O. The van der Waals surface area contributed by atoms with E-state index in [1.807, 2.05) is 6.07 Å². The highest BCUT2D eigenvalue weighted by Crippen LogP contribution is 2.33. The van der Waals surface area contributed by atoms with Gasteiger partial charge in [0.25, 0.3) is 0 Å². The van der Waals surface area contributed by atoms with Crippen LogP contribution in [0.3, 0.4) is 0 Å². The number of unbranched alkanes of at least 4 members (excludes halogenated alkanes) is 1. The van der Waals surface area contributed by atoms with Gasteiger partial charge in [0.1, 0.15) is 5.82 Å². The van der Waals surface area contributed by atoms with Gasteiger partial charge in [-0.2, -0.15) is 0 Å². The van der Waals surface area contributed by atoms with E-state index in [1.54, 1.807) is 18.2 Å². The quantitative estimate of drug-likeness (QED) is 0.447. The van der Waals surface area contributed by atoms with Gasteiger partial charge >= 0.3 is 0 Å². The summed E-state index contributed by atoms with van der Waals surface area (Å²) in [5.41, 5.74) is 2.59. The second-order valence-corrected chi connectivity index (χ2v) is 9.10. The lowest BCUT2D eigenvalue weighted by Gasteiger charge is -2.32. The molecule has 4 rings (SSSR count). The van der Waals surface area contributed by atoms with Crippen molar-refractivity contribution in [3.05, 3.63) is 57.8 Å². The summed E-state index contributed by atoms with van der Waals surface area (Å²) in [5, 5.41) is 3.98. The minimum atomic E-state index is -0.265. The highest BCUT2D eigenvalue weighted by molar-refractivity contribution is 6.42. The molecule has 0 aliphatic carbocycles. The smallest absolute Gasteiger partial charge is 0.223 e. The Hall–Kier alpha value is -2.31. The highest BCUT2D eigenvalue weighted by atomic mass is 35.5. The molecule has 1 N–H and O–H groups in total. The molecule has 1 aromatic heterocycles. The monoisotopic (exact) mass is 476 g/mol. The average molecular weight is 477 g/mol. The van der Waals surface area contributed by atoms with Gasteiger partial charge < -0.3 is 14.8 Å². The molecule has 0 saturated carbocycles. The van der Waals surface area contributed by atoms with Crippen LogP contribution in [0, 0.1) is 11.7 Å². The van der Waals surface area contributed by atoms with E-state index in [4.69, 9.17) is 28.2 Å². The summed E-state index contributed by atoms with van der Waals surface area (Å²) in [6.45, 7) is 4.86. The van der Waals surface area contributed by atoms with Crippen molar-refractivity contribution in [2.75, 3.05) is 24.5 Å². The minimum absolute atomic E-state index is 0.0296. The maximum absolute atomic E-state index is 13.4. The predicted molar refractivity (Wildman–Crippen MR) is 128 cm³/mol. The maximum atomic E-state index is 13.4. The summed E-state index contributed by atoms with van der Waals surface area (Å²) in [4.78, 5) is 19.5. The molecule has 8 heteroatoms. The Balaban J connectivity index is 1.58. The molecule has 2 heterocycles. The topological polar surface area (TPSA) is 50.2 Å². The second kappa shape index (κ2) is 10.1. The molecule has 3 aromatic rings. The first-order chi connectivity index (χ1) is 15.5. The van der Waals surface area contributed by atoms with E-state index >= 15 is 0 Å². The number of carbonyl (C=O) groups is 1. The van der Waals surface area contributed by atoms with E-state index in [0.717, 1.165) is 67.9 Å². The molecule has 0 bridgehead atoms. The first-order valence-electron chi connectivity index (χ1n) is 11.1. The van der Waals surface area contributed by atoms with Gasteiger partial charge in [-0.3, -0.25) is 4.79 Å². The Bertz CT molecular complexity index is 1090. The zero-order valence-corrected chi connectivity index (χ0v) is 19.6. The van der Waals surface area contributed by atoms with Crippen molar-refractivity contribution < 1.29 is 9.18 Å². The van der Waals surface area contributed by atoms with Crippen LogP contribution < -0.4 is 10.2 Å². The fourth-order valence-corrected chi connectivity index (χ4v) is 4.47. The van der Waals surface area contributed by atoms with E-state index < -0.39 is 0 Å². The molecule has 1 saturated heterocycles. The fraction of sp³-hybridized carbons (Fsp3) is 0.417. The Kier molecular flexibility index (Phi) is 7.21. The number of amides is 1. The molecule has 32 heavy (non-hydrogen) atoms. The number of nitrogens with zero attached hydrogens (tertiary/aromatic N) is 3. The summed E-state index contributed by atoms with van der Waals surface area (Å²) >= 11 is 12.5. The number of piperidine rings is 1. The number of rotatable bonds is 7. The zero-order chi connectivity index (χ0) is 22.7. The van der Waals surface area contributed by atoms with Crippen LogP contribution in [0.25, 0.3) is 11.0 Å². The number of aromatic nitrogens is 2. The Morgan fingerprint density at radius 1 is 1.16 bits per heavy atom. The lowest BCUT2D eigenvalue weighted by atomic mass is 9.96. The molecule has 1 amide bonds. The lowest BCUT2D eigenvalue weighted by molar-refractivity contribution is -0.125. The van der Waals surface area contributed by atoms with E-state index in [0.29, 0.717) is 16.6 Å². The average Bonchev–Trinajstić information content (AvgIpc) is 3.13. The van der Waals surface area contributed by atoms with Crippen molar-refractivity contribution in [1.29, 1.82) is 0 Å². The number of anilines is 1. The van der Waals surface area contributed by atoms with Crippen molar-refractivity contribution in [2.24, 2.45) is 5.92 Å². The largest absolute Gasteiger partial charge is 0.356 e. The first-order valence-corrected chi connectivity index (χ1v) is 11.8. The fourth-order valence-electron chi connectivity index (χ4n) is 4.15. The van der Waals surface area contributed by atoms with Crippen molar-refractivity contribution in [3.8, 4) is 0 Å². The number of halogens is 3. The van der Waals surface area contributed by atoms with Gasteiger partial charge in [0.05, 0.1) is 27.6 Å². The zero-order valence-electron chi connectivity index (χ0n) is 18.1. The van der Waals surface area contributed by atoms with Gasteiger partial charge in [-0.15, -0.1) is 0 Å². The van der Waals surface area contributed by atoms with Crippen LogP contribution in [0.2, 0.25) is 10.0 Å². The van der Waals surface area contributed by atoms with E-state index in [2.05, 4.69) is 21.7 Å². The standard InChI is InChI=1S/C24H27Cl2FN4O/c1-2-3-10-28-23(32)17-8-11-30(12-9-17)24-29-21-13-19(25)20(26)14-22(21)31(24)15-16-4-6-18(27)7-5-16/h4-7,13-14,17H,2-3,8-12,15H2,1H3,(H,28,32).